The molecule has 0 aliphatic carbocycles. The summed E-state index contributed by atoms with van der Waals surface area (Å²) < 4.78 is 4.90. The first-order valence-corrected chi connectivity index (χ1v) is 4.88. The van der Waals surface area contributed by atoms with Gasteiger partial charge in [-0.05, 0) is 25.0 Å². The molecular weight excluding hydrogens is 202 g/mol. The second-order valence-electron chi connectivity index (χ2n) is 2.74. The maximum atomic E-state index is 11.5. The van der Waals surface area contributed by atoms with Gasteiger partial charge in [0.05, 0.1) is 12.2 Å². The molecule has 0 spiro atoms. The number of hydrogen-bond acceptors (Lipinski definition) is 3. The number of esters is 1. The summed E-state index contributed by atoms with van der Waals surface area (Å²) in [7, 11) is 0. The van der Waals surface area contributed by atoms with Crippen LogP contribution >= 0.6 is 11.6 Å². The summed E-state index contributed by atoms with van der Waals surface area (Å²) in [6.45, 7) is 4.09. The molecule has 1 aromatic heterocycles. The monoisotopic (exact) mass is 213 g/mol. The third-order valence-electron chi connectivity index (χ3n) is 1.83. The van der Waals surface area contributed by atoms with Gasteiger partial charge in [-0.25, -0.2) is 9.78 Å². The molecule has 0 amide bonds. The molecule has 4 heteroatoms. The van der Waals surface area contributed by atoms with E-state index in [4.69, 9.17) is 16.3 Å². The smallest absolute Gasteiger partial charge is 0.338 e. The van der Waals surface area contributed by atoms with Gasteiger partial charge in [0.1, 0.15) is 5.15 Å². The number of carbonyl (C=O) groups is 1. The number of aromatic nitrogens is 1. The largest absolute Gasteiger partial charge is 0.462 e. The molecule has 0 radical (unpaired) electrons. The molecule has 3 nitrogen and oxygen atoms in total. The van der Waals surface area contributed by atoms with Crippen LogP contribution in [0.15, 0.2) is 12.3 Å². The molecule has 0 atom stereocenters. The van der Waals surface area contributed by atoms with Gasteiger partial charge in [-0.15, -0.1) is 0 Å². The van der Waals surface area contributed by atoms with Crippen molar-refractivity contribution >= 4 is 17.6 Å². The van der Waals surface area contributed by atoms with Gasteiger partial charge in [-0.2, -0.15) is 0 Å². The van der Waals surface area contributed by atoms with E-state index in [1.54, 1.807) is 19.2 Å². The second kappa shape index (κ2) is 4.96. The highest BCUT2D eigenvalue weighted by molar-refractivity contribution is 6.29. The van der Waals surface area contributed by atoms with Gasteiger partial charge in [0.15, 0.2) is 0 Å². The molecule has 76 valence electrons. The zero-order valence-electron chi connectivity index (χ0n) is 8.21. The van der Waals surface area contributed by atoms with E-state index < -0.39 is 0 Å². The van der Waals surface area contributed by atoms with E-state index in [2.05, 4.69) is 4.98 Å². The summed E-state index contributed by atoms with van der Waals surface area (Å²) in [5.41, 5.74) is 1.36. The molecule has 0 aromatic carbocycles. The Hall–Kier alpha value is -1.09. The van der Waals surface area contributed by atoms with Crippen molar-refractivity contribution < 1.29 is 9.53 Å². The van der Waals surface area contributed by atoms with Crippen molar-refractivity contribution in [2.45, 2.75) is 20.3 Å². The fourth-order valence-electron chi connectivity index (χ4n) is 1.14. The minimum atomic E-state index is -0.339. The summed E-state index contributed by atoms with van der Waals surface area (Å²) in [6, 6.07) is 1.54. The molecule has 0 bridgehead atoms. The average molecular weight is 214 g/mol. The Morgan fingerprint density at radius 2 is 2.29 bits per heavy atom. The van der Waals surface area contributed by atoms with Crippen LogP contribution in [-0.4, -0.2) is 17.6 Å². The van der Waals surface area contributed by atoms with Gasteiger partial charge >= 0.3 is 5.97 Å². The fraction of sp³-hybridized carbons (Fsp3) is 0.400. The van der Waals surface area contributed by atoms with Crippen LogP contribution in [0.4, 0.5) is 0 Å². The Balaban J connectivity index is 3.03. The SMILES string of the molecule is CCOC(=O)c1cc(Cl)ncc1CC. The summed E-state index contributed by atoms with van der Waals surface area (Å²) in [5, 5.41) is 0.310. The predicted molar refractivity (Wildman–Crippen MR) is 54.6 cm³/mol. The zero-order chi connectivity index (χ0) is 10.6. The number of nitrogens with zero attached hydrogens (tertiary/aromatic N) is 1. The Bertz CT molecular complexity index is 339. The number of halogens is 1. The van der Waals surface area contributed by atoms with E-state index >= 15 is 0 Å². The lowest BCUT2D eigenvalue weighted by Gasteiger charge is -2.06. The van der Waals surface area contributed by atoms with Crippen LogP contribution in [-0.2, 0) is 11.2 Å². The van der Waals surface area contributed by atoms with Crippen LogP contribution in [0, 0.1) is 0 Å². The van der Waals surface area contributed by atoms with Gasteiger partial charge in [0.2, 0.25) is 0 Å². The second-order valence-corrected chi connectivity index (χ2v) is 3.13. The van der Waals surface area contributed by atoms with Crippen molar-refractivity contribution in [3.63, 3.8) is 0 Å². The first-order valence-electron chi connectivity index (χ1n) is 4.50. The number of pyridine rings is 1. The molecule has 0 saturated carbocycles. The maximum Gasteiger partial charge on any atom is 0.338 e. The molecule has 0 unspecified atom stereocenters. The summed E-state index contributed by atoms with van der Waals surface area (Å²) >= 11 is 5.70. The van der Waals surface area contributed by atoms with E-state index in [0.717, 1.165) is 12.0 Å². The third-order valence-corrected chi connectivity index (χ3v) is 2.04. The van der Waals surface area contributed by atoms with Gasteiger partial charge in [0, 0.05) is 6.20 Å². The van der Waals surface area contributed by atoms with Gasteiger partial charge in [0.25, 0.3) is 0 Å². The Morgan fingerprint density at radius 1 is 1.57 bits per heavy atom. The van der Waals surface area contributed by atoms with E-state index in [0.29, 0.717) is 17.3 Å². The van der Waals surface area contributed by atoms with Crippen molar-refractivity contribution in [2.24, 2.45) is 0 Å². The van der Waals surface area contributed by atoms with Crippen LogP contribution in [0.3, 0.4) is 0 Å². The van der Waals surface area contributed by atoms with Crippen LogP contribution < -0.4 is 0 Å². The van der Waals surface area contributed by atoms with Crippen LogP contribution in [0.5, 0.6) is 0 Å². The number of hydrogen-bond donors (Lipinski definition) is 0. The molecule has 1 rings (SSSR count). The lowest BCUT2D eigenvalue weighted by atomic mass is 10.1. The maximum absolute atomic E-state index is 11.5. The van der Waals surface area contributed by atoms with Gasteiger partial charge in [-0.3, -0.25) is 0 Å². The van der Waals surface area contributed by atoms with Crippen molar-refractivity contribution in [1.29, 1.82) is 0 Å². The van der Waals surface area contributed by atoms with E-state index in [1.807, 2.05) is 6.92 Å². The highest BCUT2D eigenvalue weighted by Crippen LogP contribution is 2.14. The van der Waals surface area contributed by atoms with E-state index in [1.165, 1.54) is 0 Å². The number of rotatable bonds is 3. The Labute approximate surface area is 88.1 Å². The normalized spacial score (nSPS) is 9.93. The number of aryl methyl sites for hydroxylation is 1. The lowest BCUT2D eigenvalue weighted by molar-refractivity contribution is 0.0525. The molecule has 0 aliphatic rings. The number of carbonyl (C=O) groups excluding carboxylic acids is 1. The van der Waals surface area contributed by atoms with Gasteiger partial charge < -0.3 is 4.74 Å². The van der Waals surface area contributed by atoms with Crippen molar-refractivity contribution in [1.82, 2.24) is 4.98 Å². The highest BCUT2D eigenvalue weighted by atomic mass is 35.5. The molecule has 0 fully saturated rings. The first kappa shape index (κ1) is 11.0. The third kappa shape index (κ3) is 2.45. The quantitative estimate of drug-likeness (QED) is 0.572. The Kier molecular flexibility index (Phi) is 3.89. The average Bonchev–Trinajstić information content (AvgIpc) is 2.18. The minimum Gasteiger partial charge on any atom is -0.462 e. The molecule has 0 saturated heterocycles. The zero-order valence-corrected chi connectivity index (χ0v) is 8.97. The molecule has 1 aromatic rings. The summed E-state index contributed by atoms with van der Waals surface area (Å²) in [4.78, 5) is 15.4. The van der Waals surface area contributed by atoms with Gasteiger partial charge in [-0.1, -0.05) is 18.5 Å². The van der Waals surface area contributed by atoms with E-state index in [9.17, 15) is 4.79 Å². The lowest BCUT2D eigenvalue weighted by Crippen LogP contribution is -2.08. The van der Waals surface area contributed by atoms with Crippen molar-refractivity contribution in [3.05, 3.63) is 28.5 Å². The van der Waals surface area contributed by atoms with Crippen LogP contribution in [0.2, 0.25) is 5.15 Å². The standard InChI is InChI=1S/C10H12ClNO2/c1-3-7-6-12-9(11)5-8(7)10(13)14-4-2/h5-6H,3-4H2,1-2H3. The molecule has 0 N–H and O–H groups in total. The van der Waals surface area contributed by atoms with Crippen molar-refractivity contribution in [3.8, 4) is 0 Å². The molecule has 1 heterocycles. The summed E-state index contributed by atoms with van der Waals surface area (Å²) in [6.07, 6.45) is 2.34. The first-order chi connectivity index (χ1) is 6.69. The predicted octanol–water partition coefficient (Wildman–Crippen LogP) is 2.47. The summed E-state index contributed by atoms with van der Waals surface area (Å²) in [5.74, 6) is -0.339. The Morgan fingerprint density at radius 3 is 2.86 bits per heavy atom. The van der Waals surface area contributed by atoms with Crippen LogP contribution in [0.25, 0.3) is 0 Å². The number of ether oxygens (including phenoxy) is 1. The highest BCUT2D eigenvalue weighted by Gasteiger charge is 2.12. The van der Waals surface area contributed by atoms with Crippen molar-refractivity contribution in [2.75, 3.05) is 6.61 Å². The fourth-order valence-corrected chi connectivity index (χ4v) is 1.30. The molecular formula is C10H12ClNO2. The topological polar surface area (TPSA) is 39.2 Å². The molecule has 14 heavy (non-hydrogen) atoms. The molecule has 0 aliphatic heterocycles. The minimum absolute atomic E-state index is 0.310. The van der Waals surface area contributed by atoms with E-state index in [-0.39, 0.29) is 5.97 Å². The van der Waals surface area contributed by atoms with Crippen LogP contribution in [0.1, 0.15) is 29.8 Å².